The van der Waals surface area contributed by atoms with Crippen molar-refractivity contribution in [2.24, 2.45) is 0 Å². The summed E-state index contributed by atoms with van der Waals surface area (Å²) >= 11 is 1.58. The Balaban J connectivity index is 1.78. The molecular formula is C21H16N2OS. The minimum Gasteiger partial charge on any atom is -0.321 e. The molecule has 0 saturated heterocycles. The molecule has 3 nitrogen and oxygen atoms in total. The summed E-state index contributed by atoms with van der Waals surface area (Å²) in [6, 6.07) is 20.0. The zero-order valence-electron chi connectivity index (χ0n) is 13.7. The van der Waals surface area contributed by atoms with Gasteiger partial charge in [-0.2, -0.15) is 0 Å². The lowest BCUT2D eigenvalue weighted by atomic mass is 10.1. The maximum absolute atomic E-state index is 12.4. The summed E-state index contributed by atoms with van der Waals surface area (Å²) in [6.45, 7) is 0. The monoisotopic (exact) mass is 344 g/mol. The molecule has 1 aliphatic heterocycles. The van der Waals surface area contributed by atoms with Crippen molar-refractivity contribution in [3.05, 3.63) is 83.4 Å². The topological polar surface area (TPSA) is 42.0 Å². The van der Waals surface area contributed by atoms with E-state index >= 15 is 0 Å². The highest BCUT2D eigenvalue weighted by Gasteiger charge is 2.19. The fourth-order valence-electron chi connectivity index (χ4n) is 2.88. The second-order valence-electron chi connectivity index (χ2n) is 5.76. The smallest absolute Gasteiger partial charge is 0.255 e. The third kappa shape index (κ3) is 3.08. The molecule has 4 rings (SSSR count). The number of hydrogen-bond acceptors (Lipinski definition) is 3. The number of nitrogens with zero attached hydrogens (tertiary/aromatic N) is 1. The van der Waals surface area contributed by atoms with Crippen LogP contribution in [0.4, 0.5) is 0 Å². The van der Waals surface area contributed by atoms with Crippen molar-refractivity contribution in [2.45, 2.75) is 5.03 Å². The Morgan fingerprint density at radius 3 is 2.60 bits per heavy atom. The maximum Gasteiger partial charge on any atom is 0.255 e. The molecule has 0 radical (unpaired) electrons. The Bertz CT molecular complexity index is 1020. The van der Waals surface area contributed by atoms with Gasteiger partial charge in [0.1, 0.15) is 5.03 Å². The lowest BCUT2D eigenvalue weighted by molar-refractivity contribution is -0.115. The molecule has 1 aromatic heterocycles. The first kappa shape index (κ1) is 15.7. The van der Waals surface area contributed by atoms with E-state index in [4.69, 9.17) is 4.98 Å². The van der Waals surface area contributed by atoms with E-state index < -0.39 is 0 Å². The summed E-state index contributed by atoms with van der Waals surface area (Å²) in [7, 11) is 0. The van der Waals surface area contributed by atoms with Gasteiger partial charge in [-0.3, -0.25) is 4.79 Å². The normalized spacial score (nSPS) is 15.5. The van der Waals surface area contributed by atoms with Crippen molar-refractivity contribution < 1.29 is 4.79 Å². The van der Waals surface area contributed by atoms with Crippen LogP contribution in [0.3, 0.4) is 0 Å². The van der Waals surface area contributed by atoms with Crippen LogP contribution in [0.25, 0.3) is 22.7 Å². The molecule has 1 aliphatic rings. The zero-order chi connectivity index (χ0) is 17.2. The van der Waals surface area contributed by atoms with E-state index in [0.29, 0.717) is 5.57 Å². The summed E-state index contributed by atoms with van der Waals surface area (Å²) < 4.78 is 0. The predicted octanol–water partition coefficient (Wildman–Crippen LogP) is 4.51. The molecule has 4 heteroatoms. The predicted molar refractivity (Wildman–Crippen MR) is 104 cm³/mol. The van der Waals surface area contributed by atoms with Gasteiger partial charge in [-0.1, -0.05) is 48.5 Å². The van der Waals surface area contributed by atoms with Gasteiger partial charge < -0.3 is 5.32 Å². The second-order valence-corrected chi connectivity index (χ2v) is 6.55. The van der Waals surface area contributed by atoms with Gasteiger partial charge >= 0.3 is 0 Å². The van der Waals surface area contributed by atoms with Gasteiger partial charge in [-0.25, -0.2) is 4.98 Å². The molecule has 122 valence electrons. The summed E-state index contributed by atoms with van der Waals surface area (Å²) in [4.78, 5) is 17.1. The first-order valence-electron chi connectivity index (χ1n) is 7.98. The van der Waals surface area contributed by atoms with Crippen molar-refractivity contribution in [1.29, 1.82) is 0 Å². The van der Waals surface area contributed by atoms with Gasteiger partial charge in [0.25, 0.3) is 5.91 Å². The minimum atomic E-state index is -0.0842. The van der Waals surface area contributed by atoms with E-state index in [2.05, 4.69) is 11.4 Å². The maximum atomic E-state index is 12.4. The number of pyridine rings is 1. The van der Waals surface area contributed by atoms with Crippen LogP contribution in [0.2, 0.25) is 0 Å². The number of thioether (sulfide) groups is 1. The Morgan fingerprint density at radius 2 is 1.80 bits per heavy atom. The molecule has 0 bridgehead atoms. The summed E-state index contributed by atoms with van der Waals surface area (Å²) in [5, 5.41) is 4.93. The molecule has 0 unspecified atom stereocenters. The number of amides is 1. The Hall–Kier alpha value is -2.85. The molecule has 0 spiro atoms. The number of nitrogens with one attached hydrogen (secondary N) is 1. The number of aromatic nitrogens is 1. The Labute approximate surface area is 150 Å². The molecule has 2 heterocycles. The fourth-order valence-corrected chi connectivity index (χ4v) is 3.42. The molecule has 25 heavy (non-hydrogen) atoms. The summed E-state index contributed by atoms with van der Waals surface area (Å²) in [6.07, 6.45) is 5.81. The fraction of sp³-hybridized carbons (Fsp3) is 0.0476. The minimum absolute atomic E-state index is 0.0842. The average molecular weight is 344 g/mol. The molecule has 0 aliphatic carbocycles. The van der Waals surface area contributed by atoms with Crippen LogP contribution >= 0.6 is 11.8 Å². The van der Waals surface area contributed by atoms with Gasteiger partial charge in [0, 0.05) is 22.2 Å². The quantitative estimate of drug-likeness (QED) is 0.561. The number of fused-ring (bicyclic) bond motifs is 1. The van der Waals surface area contributed by atoms with Crippen LogP contribution < -0.4 is 5.32 Å². The van der Waals surface area contributed by atoms with Crippen LogP contribution in [-0.2, 0) is 4.79 Å². The van der Waals surface area contributed by atoms with E-state index in [9.17, 15) is 4.79 Å². The first-order chi connectivity index (χ1) is 12.2. The number of rotatable bonds is 3. The van der Waals surface area contributed by atoms with Crippen molar-refractivity contribution >= 4 is 40.3 Å². The summed E-state index contributed by atoms with van der Waals surface area (Å²) in [5.74, 6) is -0.0842. The van der Waals surface area contributed by atoms with Crippen LogP contribution in [-0.4, -0.2) is 17.1 Å². The van der Waals surface area contributed by atoms with Crippen molar-refractivity contribution in [1.82, 2.24) is 10.3 Å². The molecule has 0 fully saturated rings. The molecule has 1 N–H and O–H groups in total. The van der Waals surface area contributed by atoms with E-state index in [1.807, 2.05) is 73.0 Å². The van der Waals surface area contributed by atoms with Crippen LogP contribution in [0.1, 0.15) is 11.1 Å². The zero-order valence-corrected chi connectivity index (χ0v) is 14.5. The number of benzene rings is 2. The van der Waals surface area contributed by atoms with E-state index in [-0.39, 0.29) is 5.91 Å². The van der Waals surface area contributed by atoms with E-state index in [1.54, 1.807) is 11.8 Å². The largest absolute Gasteiger partial charge is 0.321 e. The van der Waals surface area contributed by atoms with Crippen molar-refractivity contribution in [3.8, 4) is 0 Å². The van der Waals surface area contributed by atoms with Gasteiger partial charge in [0.05, 0.1) is 5.52 Å². The number of hydrogen-bond donors (Lipinski definition) is 1. The van der Waals surface area contributed by atoms with Crippen LogP contribution in [0.5, 0.6) is 0 Å². The molecule has 2 aromatic carbocycles. The summed E-state index contributed by atoms with van der Waals surface area (Å²) in [5.41, 5.74) is 4.40. The van der Waals surface area contributed by atoms with Gasteiger partial charge in [0.15, 0.2) is 0 Å². The van der Waals surface area contributed by atoms with Gasteiger partial charge in [-0.15, -0.1) is 11.8 Å². The van der Waals surface area contributed by atoms with Gasteiger partial charge in [0.2, 0.25) is 0 Å². The van der Waals surface area contributed by atoms with Crippen molar-refractivity contribution in [2.75, 3.05) is 6.26 Å². The Kier molecular flexibility index (Phi) is 4.12. The lowest BCUT2D eigenvalue weighted by Crippen LogP contribution is -2.15. The standard InChI is InChI=1S/C21H16N2OS/c1-25-21-17(11-15-9-5-6-10-18(15)23-21)12-16-13-19(22-20(16)24)14-7-3-2-4-8-14/h2-13H,1H3,(H,22,24)/b16-12-. The number of carbonyl (C=O) groups excluding carboxylic acids is 1. The molecule has 0 saturated carbocycles. The van der Waals surface area contributed by atoms with E-state index in [0.717, 1.165) is 32.8 Å². The molecule has 1 amide bonds. The van der Waals surface area contributed by atoms with Crippen LogP contribution in [0.15, 0.2) is 77.3 Å². The van der Waals surface area contributed by atoms with Crippen molar-refractivity contribution in [3.63, 3.8) is 0 Å². The lowest BCUT2D eigenvalue weighted by Gasteiger charge is -2.05. The highest BCUT2D eigenvalue weighted by atomic mass is 32.2. The molecular weight excluding hydrogens is 328 g/mol. The van der Waals surface area contributed by atoms with Crippen LogP contribution in [0, 0.1) is 0 Å². The van der Waals surface area contributed by atoms with E-state index in [1.165, 1.54) is 0 Å². The third-order valence-corrected chi connectivity index (χ3v) is 4.83. The molecule has 3 aromatic rings. The number of para-hydroxylation sites is 1. The molecule has 0 atom stereocenters. The average Bonchev–Trinajstić information content (AvgIpc) is 3.02. The highest BCUT2D eigenvalue weighted by Crippen LogP contribution is 2.28. The number of carbonyl (C=O) groups is 1. The SMILES string of the molecule is CSc1nc2ccccc2cc1/C=C1/C=C(c2ccccc2)NC1=O. The van der Waals surface area contributed by atoms with Gasteiger partial charge in [-0.05, 0) is 36.1 Å². The highest BCUT2D eigenvalue weighted by molar-refractivity contribution is 7.98. The third-order valence-electron chi connectivity index (χ3n) is 4.12. The Morgan fingerprint density at radius 1 is 1.04 bits per heavy atom. The second kappa shape index (κ2) is 6.57. The first-order valence-corrected chi connectivity index (χ1v) is 9.21.